The molecule has 0 atom stereocenters. The van der Waals surface area contributed by atoms with E-state index in [2.05, 4.69) is 93.5 Å². The molecule has 0 fully saturated rings. The maximum atomic E-state index is 2.45. The van der Waals surface area contributed by atoms with Crippen LogP contribution in [0.2, 0.25) is 0 Å². The molecular formula is C19H35P. The number of aryl methyl sites for hydroxylation is 1. The molecule has 0 aliphatic heterocycles. The Bertz CT molecular complexity index is 410. The molecule has 1 aromatic carbocycles. The van der Waals surface area contributed by atoms with E-state index in [9.17, 15) is 0 Å². The first-order chi connectivity index (χ1) is 8.75. The van der Waals surface area contributed by atoms with Gasteiger partial charge in [0.1, 0.15) is 0 Å². The Morgan fingerprint density at radius 3 is 1.15 bits per heavy atom. The second kappa shape index (κ2) is 5.13. The van der Waals surface area contributed by atoms with Crippen molar-refractivity contribution in [3.05, 3.63) is 29.8 Å². The van der Waals surface area contributed by atoms with Crippen LogP contribution in [0.5, 0.6) is 0 Å². The van der Waals surface area contributed by atoms with E-state index in [0.717, 1.165) is 0 Å². The van der Waals surface area contributed by atoms with Crippen LogP contribution in [0.1, 0.15) is 67.9 Å². The molecular weight excluding hydrogens is 259 g/mol. The number of rotatable bonds is 1. The zero-order chi connectivity index (χ0) is 16.0. The van der Waals surface area contributed by atoms with Crippen LogP contribution in [0.3, 0.4) is 0 Å². The third-order valence-electron chi connectivity index (χ3n) is 4.86. The van der Waals surface area contributed by atoms with E-state index >= 15 is 0 Å². The van der Waals surface area contributed by atoms with E-state index < -0.39 is 7.26 Å². The van der Waals surface area contributed by atoms with Crippen molar-refractivity contribution in [3.8, 4) is 0 Å². The van der Waals surface area contributed by atoms with Gasteiger partial charge in [0.25, 0.3) is 0 Å². The average molecular weight is 294 g/mol. The summed E-state index contributed by atoms with van der Waals surface area (Å²) in [4.78, 5) is 0. The minimum atomic E-state index is -1.80. The van der Waals surface area contributed by atoms with Crippen molar-refractivity contribution in [1.82, 2.24) is 0 Å². The van der Waals surface area contributed by atoms with Gasteiger partial charge in [-0.1, -0.05) is 0 Å². The molecule has 0 aliphatic rings. The third-order valence-corrected chi connectivity index (χ3v) is 12.8. The van der Waals surface area contributed by atoms with Crippen LogP contribution in [0.4, 0.5) is 0 Å². The Kier molecular flexibility index (Phi) is 4.54. The molecule has 0 saturated carbocycles. The topological polar surface area (TPSA) is 0 Å². The molecule has 116 valence electrons. The molecule has 0 unspecified atom stereocenters. The second-order valence-corrected chi connectivity index (χ2v) is 15.9. The monoisotopic (exact) mass is 294 g/mol. The normalized spacial score (nSPS) is 15.3. The van der Waals surface area contributed by atoms with Crippen LogP contribution >= 0.6 is 7.26 Å². The summed E-state index contributed by atoms with van der Waals surface area (Å²) in [6.45, 7) is 24.3. The van der Waals surface area contributed by atoms with Crippen molar-refractivity contribution in [1.29, 1.82) is 0 Å². The summed E-state index contributed by atoms with van der Waals surface area (Å²) in [7, 11) is -1.80. The first-order valence-electron chi connectivity index (χ1n) is 7.82. The molecule has 1 heteroatoms. The quantitative estimate of drug-likeness (QED) is 0.577. The summed E-state index contributed by atoms with van der Waals surface area (Å²) in [5.74, 6) is 0. The number of hydrogen-bond donors (Lipinski definition) is 0. The summed E-state index contributed by atoms with van der Waals surface area (Å²) in [6, 6.07) is 9.40. The van der Waals surface area contributed by atoms with Gasteiger partial charge in [0.15, 0.2) is 0 Å². The fourth-order valence-electron chi connectivity index (χ4n) is 5.48. The van der Waals surface area contributed by atoms with E-state index in [0.29, 0.717) is 15.5 Å². The first-order valence-corrected chi connectivity index (χ1v) is 9.82. The Hall–Kier alpha value is -0.350. The molecule has 0 amide bonds. The molecule has 0 nitrogen and oxygen atoms in total. The van der Waals surface area contributed by atoms with E-state index in [4.69, 9.17) is 0 Å². The minimum absolute atomic E-state index is 0.318. The molecule has 1 rings (SSSR count). The molecule has 0 radical (unpaired) electrons. The Morgan fingerprint density at radius 2 is 0.900 bits per heavy atom. The Morgan fingerprint density at radius 1 is 0.600 bits per heavy atom. The van der Waals surface area contributed by atoms with Crippen molar-refractivity contribution in [2.24, 2.45) is 0 Å². The van der Waals surface area contributed by atoms with Gasteiger partial charge in [-0.15, -0.1) is 0 Å². The van der Waals surface area contributed by atoms with E-state index in [-0.39, 0.29) is 0 Å². The first kappa shape index (κ1) is 17.7. The van der Waals surface area contributed by atoms with Crippen molar-refractivity contribution >= 4 is 12.6 Å². The van der Waals surface area contributed by atoms with Crippen LogP contribution in [0.25, 0.3) is 0 Å². The van der Waals surface area contributed by atoms with Crippen LogP contribution in [0, 0.1) is 6.92 Å². The Balaban J connectivity index is 3.77. The summed E-state index contributed by atoms with van der Waals surface area (Å²) in [6.07, 6.45) is 0. The number of benzene rings is 1. The van der Waals surface area contributed by atoms with Gasteiger partial charge in [-0.05, 0) is 0 Å². The van der Waals surface area contributed by atoms with E-state index in [1.54, 1.807) is 5.30 Å². The van der Waals surface area contributed by atoms with Crippen molar-refractivity contribution in [3.63, 3.8) is 0 Å². The van der Waals surface area contributed by atoms with Crippen LogP contribution in [0.15, 0.2) is 24.3 Å². The maximum absolute atomic E-state index is 2.45. The van der Waals surface area contributed by atoms with Crippen LogP contribution in [-0.4, -0.2) is 15.5 Å². The third kappa shape index (κ3) is 2.69. The van der Waals surface area contributed by atoms with Gasteiger partial charge >= 0.3 is 127 Å². The van der Waals surface area contributed by atoms with Gasteiger partial charge in [-0.2, -0.15) is 0 Å². The van der Waals surface area contributed by atoms with Crippen LogP contribution < -0.4 is 5.30 Å². The van der Waals surface area contributed by atoms with Gasteiger partial charge in [0, 0.05) is 0 Å². The van der Waals surface area contributed by atoms with Gasteiger partial charge < -0.3 is 0 Å². The summed E-state index contributed by atoms with van der Waals surface area (Å²) >= 11 is 0. The molecule has 0 saturated heterocycles. The second-order valence-electron chi connectivity index (χ2n) is 9.37. The molecule has 0 bridgehead atoms. The number of hydrogen-bond acceptors (Lipinski definition) is 0. The van der Waals surface area contributed by atoms with Gasteiger partial charge in [0.2, 0.25) is 0 Å². The molecule has 20 heavy (non-hydrogen) atoms. The van der Waals surface area contributed by atoms with Crippen molar-refractivity contribution in [2.45, 2.75) is 84.7 Å². The molecule has 0 aromatic heterocycles. The van der Waals surface area contributed by atoms with Crippen LogP contribution in [-0.2, 0) is 0 Å². The fourth-order valence-corrected chi connectivity index (χ4v) is 15.5. The standard InChI is InChI=1S/C19H35P/c1-15-11-13-16(14-12-15)20(17(2,3)4,18(5,6)7)19(8,9)10/h11-14,20H,1-10H3. The Labute approximate surface area is 127 Å². The van der Waals surface area contributed by atoms with E-state index in [1.807, 2.05) is 0 Å². The molecule has 0 aliphatic carbocycles. The average Bonchev–Trinajstić information content (AvgIpc) is 2.14. The van der Waals surface area contributed by atoms with Gasteiger partial charge in [0.05, 0.1) is 0 Å². The molecule has 1 aromatic rings. The van der Waals surface area contributed by atoms with E-state index in [1.165, 1.54) is 5.56 Å². The summed E-state index contributed by atoms with van der Waals surface area (Å²) in [5, 5.41) is 2.56. The van der Waals surface area contributed by atoms with Gasteiger partial charge in [-0.3, -0.25) is 0 Å². The summed E-state index contributed by atoms with van der Waals surface area (Å²) < 4.78 is 0. The van der Waals surface area contributed by atoms with Gasteiger partial charge in [-0.25, -0.2) is 0 Å². The van der Waals surface area contributed by atoms with Crippen molar-refractivity contribution < 1.29 is 0 Å². The fraction of sp³-hybridized carbons (Fsp3) is 0.684. The molecule has 0 spiro atoms. The zero-order valence-electron chi connectivity index (χ0n) is 15.3. The molecule has 0 N–H and O–H groups in total. The molecule has 0 heterocycles. The predicted molar refractivity (Wildman–Crippen MR) is 98.4 cm³/mol. The SMILES string of the molecule is Cc1ccc([PH](C(C)(C)C)(C(C)(C)C)C(C)(C)C)cc1. The predicted octanol–water partition coefficient (Wildman–Crippen LogP) is 5.77. The van der Waals surface area contributed by atoms with Crippen molar-refractivity contribution in [2.75, 3.05) is 0 Å². The summed E-state index contributed by atoms with van der Waals surface area (Å²) in [5.41, 5.74) is 1.35. The zero-order valence-corrected chi connectivity index (χ0v) is 16.3.